The number of carbonyl (C=O) groups excluding carboxylic acids is 1. The molecule has 1 aliphatic heterocycles. The van der Waals surface area contributed by atoms with Crippen molar-refractivity contribution in [3.63, 3.8) is 0 Å². The summed E-state index contributed by atoms with van der Waals surface area (Å²) in [5.74, 6) is -0.279. The van der Waals surface area contributed by atoms with E-state index < -0.39 is 12.0 Å². The number of amides is 1. The van der Waals surface area contributed by atoms with Crippen LogP contribution in [0.15, 0.2) is 28.7 Å². The molecule has 1 amide bonds. The van der Waals surface area contributed by atoms with Crippen LogP contribution < -0.4 is 0 Å². The highest BCUT2D eigenvalue weighted by Gasteiger charge is 2.34. The fourth-order valence-corrected chi connectivity index (χ4v) is 3.02. The Balaban J connectivity index is 2.19. The van der Waals surface area contributed by atoms with E-state index in [2.05, 4.69) is 15.9 Å². The van der Waals surface area contributed by atoms with Crippen LogP contribution in [0.5, 0.6) is 0 Å². The molecule has 1 unspecified atom stereocenters. The zero-order valence-electron chi connectivity index (χ0n) is 8.80. The van der Waals surface area contributed by atoms with Gasteiger partial charge in [-0.2, -0.15) is 0 Å². The van der Waals surface area contributed by atoms with Crippen LogP contribution in [-0.2, 0) is 4.79 Å². The molecule has 0 aliphatic carbocycles. The summed E-state index contributed by atoms with van der Waals surface area (Å²) >= 11 is 4.75. The number of carbonyl (C=O) groups is 2. The molecule has 1 aromatic carbocycles. The predicted octanol–water partition coefficient (Wildman–Crippen LogP) is 2.05. The quantitative estimate of drug-likeness (QED) is 0.907. The normalized spacial score (nSPS) is 19.4. The molecule has 1 aromatic rings. The fraction of sp³-hybridized carbons (Fsp3) is 0.273. The van der Waals surface area contributed by atoms with E-state index in [1.165, 1.54) is 16.7 Å². The molecule has 1 atom stereocenters. The van der Waals surface area contributed by atoms with Gasteiger partial charge in [-0.3, -0.25) is 4.79 Å². The van der Waals surface area contributed by atoms with Crippen molar-refractivity contribution in [3.05, 3.63) is 34.3 Å². The maximum absolute atomic E-state index is 12.1. The number of rotatable bonds is 2. The van der Waals surface area contributed by atoms with Crippen molar-refractivity contribution >= 4 is 39.6 Å². The Morgan fingerprint density at radius 1 is 1.35 bits per heavy atom. The Morgan fingerprint density at radius 3 is 2.59 bits per heavy atom. The number of halogens is 1. The first-order chi connectivity index (χ1) is 8.09. The molecule has 17 heavy (non-hydrogen) atoms. The van der Waals surface area contributed by atoms with Crippen molar-refractivity contribution in [1.29, 1.82) is 0 Å². The SMILES string of the molecule is O=C(O)C1CSCN1C(=O)c1ccc(Br)cc1. The predicted molar refractivity (Wildman–Crippen MR) is 69.1 cm³/mol. The van der Waals surface area contributed by atoms with Gasteiger partial charge in [0.05, 0.1) is 5.88 Å². The highest BCUT2D eigenvalue weighted by Crippen LogP contribution is 2.23. The fourth-order valence-electron chi connectivity index (χ4n) is 1.61. The van der Waals surface area contributed by atoms with Crippen LogP contribution in [-0.4, -0.2) is 39.6 Å². The molecule has 1 fully saturated rings. The van der Waals surface area contributed by atoms with Crippen LogP contribution in [0, 0.1) is 0 Å². The molecule has 6 heteroatoms. The first-order valence-corrected chi connectivity index (χ1v) is 6.91. The zero-order valence-corrected chi connectivity index (χ0v) is 11.2. The second-order valence-electron chi connectivity index (χ2n) is 3.64. The topological polar surface area (TPSA) is 57.6 Å². The van der Waals surface area contributed by atoms with Crippen LogP contribution >= 0.6 is 27.7 Å². The number of carboxylic acids is 1. The molecule has 1 aliphatic rings. The average Bonchev–Trinajstić information content (AvgIpc) is 2.78. The van der Waals surface area contributed by atoms with Crippen molar-refractivity contribution in [2.75, 3.05) is 11.6 Å². The van der Waals surface area contributed by atoms with Crippen molar-refractivity contribution < 1.29 is 14.7 Å². The lowest BCUT2D eigenvalue weighted by atomic mass is 10.2. The largest absolute Gasteiger partial charge is 0.480 e. The summed E-state index contributed by atoms with van der Waals surface area (Å²) in [4.78, 5) is 24.5. The third-order valence-electron chi connectivity index (χ3n) is 2.52. The average molecular weight is 316 g/mol. The molecule has 2 rings (SSSR count). The first-order valence-electron chi connectivity index (χ1n) is 4.96. The molecule has 1 N–H and O–H groups in total. The molecule has 0 saturated carbocycles. The number of hydrogen-bond donors (Lipinski definition) is 1. The van der Waals surface area contributed by atoms with Gasteiger partial charge < -0.3 is 10.0 Å². The summed E-state index contributed by atoms with van der Waals surface area (Å²) in [6.07, 6.45) is 0. The van der Waals surface area contributed by atoms with Crippen molar-refractivity contribution in [1.82, 2.24) is 4.90 Å². The number of nitrogens with zero attached hydrogens (tertiary/aromatic N) is 1. The molecular weight excluding hydrogens is 306 g/mol. The Bertz CT molecular complexity index is 449. The lowest BCUT2D eigenvalue weighted by Gasteiger charge is -2.20. The molecular formula is C11H10BrNO3S. The number of benzene rings is 1. The maximum Gasteiger partial charge on any atom is 0.327 e. The Labute approximate surface area is 111 Å². The van der Waals surface area contributed by atoms with Gasteiger partial charge in [-0.1, -0.05) is 15.9 Å². The number of aliphatic carboxylic acids is 1. The van der Waals surface area contributed by atoms with E-state index in [4.69, 9.17) is 5.11 Å². The summed E-state index contributed by atoms with van der Waals surface area (Å²) in [5.41, 5.74) is 0.516. The first kappa shape index (κ1) is 12.4. The molecule has 0 bridgehead atoms. The van der Waals surface area contributed by atoms with Crippen molar-refractivity contribution in [3.8, 4) is 0 Å². The van der Waals surface area contributed by atoms with Gasteiger partial charge in [0.25, 0.3) is 5.91 Å². The molecule has 0 aromatic heterocycles. The molecule has 4 nitrogen and oxygen atoms in total. The van der Waals surface area contributed by atoms with Gasteiger partial charge in [-0.05, 0) is 24.3 Å². The summed E-state index contributed by atoms with van der Waals surface area (Å²) in [6, 6.07) is 6.21. The lowest BCUT2D eigenvalue weighted by Crippen LogP contribution is -2.41. The monoisotopic (exact) mass is 315 g/mol. The standard InChI is InChI=1S/C11H10BrNO3S/c12-8-3-1-7(2-4-8)10(14)13-6-17-5-9(13)11(15)16/h1-4,9H,5-6H2,(H,15,16). The molecule has 0 spiro atoms. The Hall–Kier alpha value is -1.01. The van der Waals surface area contributed by atoms with Crippen LogP contribution in [0.25, 0.3) is 0 Å². The molecule has 90 valence electrons. The van der Waals surface area contributed by atoms with Gasteiger partial charge in [-0.25, -0.2) is 4.79 Å². The van der Waals surface area contributed by atoms with Gasteiger partial charge in [0.15, 0.2) is 0 Å². The minimum atomic E-state index is -0.944. The van der Waals surface area contributed by atoms with Gasteiger partial charge in [0.2, 0.25) is 0 Å². The molecule has 1 saturated heterocycles. The van der Waals surface area contributed by atoms with Crippen molar-refractivity contribution in [2.45, 2.75) is 6.04 Å². The second kappa shape index (κ2) is 5.10. The summed E-state index contributed by atoms with van der Waals surface area (Å²) in [6.45, 7) is 0. The van der Waals surface area contributed by atoms with E-state index in [0.29, 0.717) is 17.2 Å². The van der Waals surface area contributed by atoms with Crippen LogP contribution in [0.2, 0.25) is 0 Å². The number of thioether (sulfide) groups is 1. The lowest BCUT2D eigenvalue weighted by molar-refractivity contribution is -0.140. The van der Waals surface area contributed by atoms with Crippen molar-refractivity contribution in [2.24, 2.45) is 0 Å². The van der Waals surface area contributed by atoms with Crippen LogP contribution in [0.1, 0.15) is 10.4 Å². The molecule has 1 heterocycles. The Kier molecular flexibility index (Phi) is 3.73. The maximum atomic E-state index is 12.1. The highest BCUT2D eigenvalue weighted by molar-refractivity contribution is 9.10. The number of carboxylic acid groups (broad SMARTS) is 1. The Morgan fingerprint density at radius 2 is 2.00 bits per heavy atom. The second-order valence-corrected chi connectivity index (χ2v) is 5.55. The van der Waals surface area contributed by atoms with E-state index in [1.54, 1.807) is 24.3 Å². The van der Waals surface area contributed by atoms with Gasteiger partial charge in [0, 0.05) is 15.8 Å². The van der Waals surface area contributed by atoms with E-state index in [9.17, 15) is 9.59 Å². The van der Waals surface area contributed by atoms with E-state index in [-0.39, 0.29) is 5.91 Å². The van der Waals surface area contributed by atoms with E-state index >= 15 is 0 Å². The molecule has 0 radical (unpaired) electrons. The van der Waals surface area contributed by atoms with E-state index in [0.717, 1.165) is 4.47 Å². The summed E-state index contributed by atoms with van der Waals surface area (Å²) in [5, 5.41) is 9.01. The third-order valence-corrected chi connectivity index (χ3v) is 4.06. The van der Waals surface area contributed by atoms with E-state index in [1.807, 2.05) is 0 Å². The van der Waals surface area contributed by atoms with Gasteiger partial charge >= 0.3 is 5.97 Å². The van der Waals surface area contributed by atoms with Crippen LogP contribution in [0.4, 0.5) is 0 Å². The third kappa shape index (κ3) is 2.63. The number of hydrogen-bond acceptors (Lipinski definition) is 3. The van der Waals surface area contributed by atoms with Gasteiger partial charge in [0.1, 0.15) is 6.04 Å². The van der Waals surface area contributed by atoms with Crippen LogP contribution in [0.3, 0.4) is 0 Å². The smallest absolute Gasteiger partial charge is 0.327 e. The summed E-state index contributed by atoms with van der Waals surface area (Å²) in [7, 11) is 0. The minimum Gasteiger partial charge on any atom is -0.480 e. The zero-order chi connectivity index (χ0) is 12.4. The summed E-state index contributed by atoms with van der Waals surface area (Å²) < 4.78 is 0.889. The minimum absolute atomic E-state index is 0.227. The van der Waals surface area contributed by atoms with Gasteiger partial charge in [-0.15, -0.1) is 11.8 Å². The highest BCUT2D eigenvalue weighted by atomic mass is 79.9.